The van der Waals surface area contributed by atoms with Crippen molar-refractivity contribution in [1.29, 1.82) is 0 Å². The lowest BCUT2D eigenvalue weighted by Crippen LogP contribution is -2.44. The van der Waals surface area contributed by atoms with Gasteiger partial charge < -0.3 is 15.1 Å². The van der Waals surface area contributed by atoms with Crippen molar-refractivity contribution >= 4 is 28.1 Å². The Morgan fingerprint density at radius 3 is 2.26 bits per heavy atom. The van der Waals surface area contributed by atoms with E-state index in [9.17, 15) is 9.59 Å². The van der Waals surface area contributed by atoms with E-state index < -0.39 is 0 Å². The van der Waals surface area contributed by atoms with E-state index in [1.807, 2.05) is 60.7 Å². The number of hydrogen-bond donors (Lipinski definition) is 1. The lowest BCUT2D eigenvalue weighted by molar-refractivity contribution is 0.102. The molecular weight excluding hydrogens is 426 g/mol. The van der Waals surface area contributed by atoms with Gasteiger partial charge in [-0.15, -0.1) is 0 Å². The molecule has 0 radical (unpaired) electrons. The standard InChI is InChI=1S/C27H27N5O2/c1-30-15-17-31(18-16-30)24-14-8-7-13-23(24)28-26(33)25-21-11-5-6-12-22(21)27(34)32(29-25)19-20-9-3-2-4-10-20/h2-14H,15-19H2,1H3,(H,28,33). The first-order valence-electron chi connectivity index (χ1n) is 11.5. The Balaban J connectivity index is 1.51. The number of nitrogens with one attached hydrogen (secondary N) is 1. The molecule has 7 heteroatoms. The van der Waals surface area contributed by atoms with Gasteiger partial charge in [0, 0.05) is 31.6 Å². The number of anilines is 2. The molecule has 1 aliphatic rings. The van der Waals surface area contributed by atoms with E-state index in [-0.39, 0.29) is 17.2 Å². The summed E-state index contributed by atoms with van der Waals surface area (Å²) in [5.74, 6) is -0.334. The van der Waals surface area contributed by atoms with Gasteiger partial charge in [-0.3, -0.25) is 9.59 Å². The van der Waals surface area contributed by atoms with Crippen molar-refractivity contribution in [2.24, 2.45) is 0 Å². The van der Waals surface area contributed by atoms with E-state index in [0.717, 1.165) is 43.1 Å². The van der Waals surface area contributed by atoms with Crippen LogP contribution in [0.2, 0.25) is 0 Å². The molecule has 1 amide bonds. The highest BCUT2D eigenvalue weighted by Gasteiger charge is 2.21. The Labute approximate surface area is 198 Å². The molecule has 172 valence electrons. The van der Waals surface area contributed by atoms with Crippen molar-refractivity contribution in [3.05, 3.63) is 100 Å². The summed E-state index contributed by atoms with van der Waals surface area (Å²) in [6.07, 6.45) is 0. The number of para-hydroxylation sites is 2. The topological polar surface area (TPSA) is 70.5 Å². The van der Waals surface area contributed by atoms with Crippen molar-refractivity contribution in [3.63, 3.8) is 0 Å². The van der Waals surface area contributed by atoms with E-state index >= 15 is 0 Å². The fraction of sp³-hybridized carbons (Fsp3) is 0.222. The fourth-order valence-electron chi connectivity index (χ4n) is 4.35. The predicted octanol–water partition coefficient (Wildman–Crippen LogP) is 3.45. The molecule has 1 aliphatic heterocycles. The van der Waals surface area contributed by atoms with Crippen LogP contribution in [0.4, 0.5) is 11.4 Å². The van der Waals surface area contributed by atoms with Gasteiger partial charge in [0.25, 0.3) is 11.5 Å². The van der Waals surface area contributed by atoms with Crippen LogP contribution in [0.25, 0.3) is 10.8 Å². The minimum Gasteiger partial charge on any atom is -0.367 e. The van der Waals surface area contributed by atoms with E-state index in [1.54, 1.807) is 18.2 Å². The van der Waals surface area contributed by atoms with Gasteiger partial charge >= 0.3 is 0 Å². The highest BCUT2D eigenvalue weighted by atomic mass is 16.2. The molecule has 7 nitrogen and oxygen atoms in total. The van der Waals surface area contributed by atoms with E-state index in [4.69, 9.17) is 0 Å². The maximum Gasteiger partial charge on any atom is 0.276 e. The van der Waals surface area contributed by atoms with E-state index in [2.05, 4.69) is 27.3 Å². The average Bonchev–Trinajstić information content (AvgIpc) is 2.87. The normalized spacial score (nSPS) is 14.3. The minimum atomic E-state index is -0.334. The molecule has 0 bridgehead atoms. The summed E-state index contributed by atoms with van der Waals surface area (Å²) in [4.78, 5) is 31.2. The number of amides is 1. The monoisotopic (exact) mass is 453 g/mol. The second-order valence-corrected chi connectivity index (χ2v) is 8.60. The lowest BCUT2D eigenvalue weighted by Gasteiger charge is -2.35. The highest BCUT2D eigenvalue weighted by Crippen LogP contribution is 2.27. The third-order valence-corrected chi connectivity index (χ3v) is 6.25. The van der Waals surface area contributed by atoms with Gasteiger partial charge in [0.1, 0.15) is 0 Å². The molecule has 4 aromatic rings. The molecule has 1 N–H and O–H groups in total. The molecule has 3 aromatic carbocycles. The first-order valence-corrected chi connectivity index (χ1v) is 11.5. The molecule has 0 aliphatic carbocycles. The van der Waals surface area contributed by atoms with Crippen LogP contribution in [0.1, 0.15) is 16.1 Å². The van der Waals surface area contributed by atoms with Gasteiger partial charge in [-0.05, 0) is 30.8 Å². The van der Waals surface area contributed by atoms with Crippen LogP contribution >= 0.6 is 0 Å². The maximum atomic E-state index is 13.5. The number of hydrogen-bond acceptors (Lipinski definition) is 5. The molecule has 0 unspecified atom stereocenters. The molecular formula is C27H27N5O2. The van der Waals surface area contributed by atoms with Crippen LogP contribution in [0, 0.1) is 0 Å². The first kappa shape index (κ1) is 21.9. The van der Waals surface area contributed by atoms with Crippen molar-refractivity contribution in [3.8, 4) is 0 Å². The van der Waals surface area contributed by atoms with Crippen molar-refractivity contribution in [1.82, 2.24) is 14.7 Å². The molecule has 1 aromatic heterocycles. The Bertz CT molecular complexity index is 1370. The highest BCUT2D eigenvalue weighted by molar-refractivity contribution is 6.12. The first-order chi connectivity index (χ1) is 16.6. The number of piperazine rings is 1. The fourth-order valence-corrected chi connectivity index (χ4v) is 4.35. The number of rotatable bonds is 5. The zero-order valence-corrected chi connectivity index (χ0v) is 19.1. The van der Waals surface area contributed by atoms with Crippen LogP contribution in [0.15, 0.2) is 83.7 Å². The summed E-state index contributed by atoms with van der Waals surface area (Å²) in [6, 6.07) is 24.6. The quantitative estimate of drug-likeness (QED) is 0.501. The smallest absolute Gasteiger partial charge is 0.276 e. The van der Waals surface area contributed by atoms with Gasteiger partial charge in [0.15, 0.2) is 5.69 Å². The lowest BCUT2D eigenvalue weighted by atomic mass is 10.1. The molecule has 5 rings (SSSR count). The number of nitrogens with zero attached hydrogens (tertiary/aromatic N) is 4. The Morgan fingerprint density at radius 2 is 1.50 bits per heavy atom. The second kappa shape index (κ2) is 9.49. The SMILES string of the molecule is CN1CCN(c2ccccc2NC(=O)c2nn(Cc3ccccc3)c(=O)c3ccccc23)CC1. The molecule has 1 fully saturated rings. The number of fused-ring (bicyclic) bond motifs is 1. The summed E-state index contributed by atoms with van der Waals surface area (Å²) in [7, 11) is 2.12. The summed E-state index contributed by atoms with van der Waals surface area (Å²) >= 11 is 0. The Morgan fingerprint density at radius 1 is 0.853 bits per heavy atom. The third kappa shape index (κ3) is 4.43. The molecule has 0 atom stereocenters. The number of aromatic nitrogens is 2. The number of likely N-dealkylation sites (N-methyl/N-ethyl adjacent to an activating group) is 1. The van der Waals surface area contributed by atoms with E-state index in [0.29, 0.717) is 17.3 Å². The molecule has 34 heavy (non-hydrogen) atoms. The predicted molar refractivity (Wildman–Crippen MR) is 136 cm³/mol. The minimum absolute atomic E-state index is 0.214. The van der Waals surface area contributed by atoms with Gasteiger partial charge in [-0.25, -0.2) is 4.68 Å². The van der Waals surface area contributed by atoms with Crippen LogP contribution in [-0.4, -0.2) is 53.8 Å². The van der Waals surface area contributed by atoms with Crippen LogP contribution in [0.3, 0.4) is 0 Å². The molecule has 1 saturated heterocycles. The van der Waals surface area contributed by atoms with Gasteiger partial charge in [0.05, 0.1) is 23.3 Å². The zero-order valence-electron chi connectivity index (χ0n) is 19.1. The van der Waals surface area contributed by atoms with Gasteiger partial charge in [0.2, 0.25) is 0 Å². The summed E-state index contributed by atoms with van der Waals surface area (Å²) < 4.78 is 1.37. The Kier molecular flexibility index (Phi) is 6.10. The van der Waals surface area contributed by atoms with Crippen molar-refractivity contribution in [2.75, 3.05) is 43.4 Å². The Hall–Kier alpha value is -3.97. The van der Waals surface area contributed by atoms with Crippen LogP contribution in [-0.2, 0) is 6.54 Å². The number of carbonyl (C=O) groups excluding carboxylic acids is 1. The average molecular weight is 454 g/mol. The molecule has 2 heterocycles. The van der Waals surface area contributed by atoms with Gasteiger partial charge in [-0.1, -0.05) is 60.7 Å². The van der Waals surface area contributed by atoms with Gasteiger partial charge in [-0.2, -0.15) is 5.10 Å². The molecule has 0 saturated carbocycles. The number of carbonyl (C=O) groups is 1. The molecule has 0 spiro atoms. The second-order valence-electron chi connectivity index (χ2n) is 8.60. The summed E-state index contributed by atoms with van der Waals surface area (Å²) in [5, 5.41) is 8.61. The summed E-state index contributed by atoms with van der Waals surface area (Å²) in [6.45, 7) is 4.03. The largest absolute Gasteiger partial charge is 0.367 e. The zero-order chi connectivity index (χ0) is 23.5. The number of benzene rings is 3. The van der Waals surface area contributed by atoms with Crippen molar-refractivity contribution in [2.45, 2.75) is 6.54 Å². The van der Waals surface area contributed by atoms with Crippen LogP contribution in [0.5, 0.6) is 0 Å². The van der Waals surface area contributed by atoms with E-state index in [1.165, 1.54) is 4.68 Å². The third-order valence-electron chi connectivity index (χ3n) is 6.25. The van der Waals surface area contributed by atoms with Crippen molar-refractivity contribution < 1.29 is 4.79 Å². The maximum absolute atomic E-state index is 13.5. The summed E-state index contributed by atoms with van der Waals surface area (Å²) in [5.41, 5.74) is 2.70. The van der Waals surface area contributed by atoms with Crippen LogP contribution < -0.4 is 15.8 Å².